The Labute approximate surface area is 89.3 Å². The van der Waals surface area contributed by atoms with Gasteiger partial charge in [-0.25, -0.2) is 8.78 Å². The van der Waals surface area contributed by atoms with E-state index in [2.05, 4.69) is 0 Å². The highest BCUT2D eigenvalue weighted by atomic mass is 19.1. The number of hydrogen-bond acceptors (Lipinski definition) is 1. The Balaban J connectivity index is 2.79. The molecule has 2 N–H and O–H groups in total. The topological polar surface area (TPSA) is 26.0 Å². The zero-order chi connectivity index (χ0) is 11.3. The maximum absolute atomic E-state index is 14.1. The van der Waals surface area contributed by atoms with Crippen LogP contribution >= 0.6 is 0 Å². The van der Waals surface area contributed by atoms with Gasteiger partial charge in [0.2, 0.25) is 0 Å². The number of benzene rings is 1. The van der Waals surface area contributed by atoms with Gasteiger partial charge in [0.25, 0.3) is 0 Å². The van der Waals surface area contributed by atoms with E-state index in [-0.39, 0.29) is 18.8 Å². The van der Waals surface area contributed by atoms with Crippen LogP contribution in [0.4, 0.5) is 8.78 Å². The molecule has 0 aliphatic carbocycles. The van der Waals surface area contributed by atoms with E-state index in [0.29, 0.717) is 18.4 Å². The number of nitrogens with two attached hydrogens (primary N) is 1. The van der Waals surface area contributed by atoms with Crippen LogP contribution in [0.3, 0.4) is 0 Å². The highest BCUT2D eigenvalue weighted by Crippen LogP contribution is 2.23. The number of alkyl halides is 1. The lowest BCUT2D eigenvalue weighted by atomic mass is 9.92. The monoisotopic (exact) mass is 213 g/mol. The molecule has 1 atom stereocenters. The summed E-state index contributed by atoms with van der Waals surface area (Å²) >= 11 is 0. The molecule has 3 heteroatoms. The fourth-order valence-corrected chi connectivity index (χ4v) is 1.69. The van der Waals surface area contributed by atoms with Gasteiger partial charge in [0.05, 0.1) is 0 Å². The average molecular weight is 213 g/mol. The molecular formula is C12H17F2N. The van der Waals surface area contributed by atoms with Gasteiger partial charge in [-0.2, -0.15) is 0 Å². The zero-order valence-corrected chi connectivity index (χ0v) is 8.97. The van der Waals surface area contributed by atoms with Crippen LogP contribution in [0.15, 0.2) is 24.3 Å². The molecule has 0 radical (unpaired) electrons. The van der Waals surface area contributed by atoms with Crippen LogP contribution in [-0.4, -0.2) is 12.2 Å². The van der Waals surface area contributed by atoms with Crippen molar-refractivity contribution in [2.45, 2.75) is 31.9 Å². The molecule has 0 aliphatic heterocycles. The molecule has 1 unspecified atom stereocenters. The third-order valence-corrected chi connectivity index (χ3v) is 2.53. The van der Waals surface area contributed by atoms with Gasteiger partial charge in [0.15, 0.2) is 0 Å². The normalized spacial score (nSPS) is 14.9. The standard InChI is InChI=1S/C12H17F2N/c1-2-7-12(14,9-15)8-10-5-3-4-6-11(10)13/h3-6H,2,7-9,15H2,1H3. The lowest BCUT2D eigenvalue weighted by Gasteiger charge is -2.23. The minimum absolute atomic E-state index is 0.0595. The van der Waals surface area contributed by atoms with E-state index in [9.17, 15) is 8.78 Å². The lowest BCUT2D eigenvalue weighted by Crippen LogP contribution is -2.35. The van der Waals surface area contributed by atoms with Crippen molar-refractivity contribution in [3.63, 3.8) is 0 Å². The molecule has 0 bridgehead atoms. The Morgan fingerprint density at radius 3 is 2.53 bits per heavy atom. The smallest absolute Gasteiger partial charge is 0.127 e. The predicted octanol–water partition coefficient (Wildman–Crippen LogP) is 2.84. The van der Waals surface area contributed by atoms with Crippen LogP contribution in [0.5, 0.6) is 0 Å². The van der Waals surface area contributed by atoms with Crippen LogP contribution in [0.2, 0.25) is 0 Å². The molecule has 1 nitrogen and oxygen atoms in total. The van der Waals surface area contributed by atoms with Gasteiger partial charge in [-0.05, 0) is 18.1 Å². The van der Waals surface area contributed by atoms with Gasteiger partial charge in [0, 0.05) is 13.0 Å². The summed E-state index contributed by atoms with van der Waals surface area (Å²) in [7, 11) is 0. The van der Waals surface area contributed by atoms with Crippen molar-refractivity contribution in [1.82, 2.24) is 0 Å². The first kappa shape index (κ1) is 12.1. The minimum atomic E-state index is -1.48. The summed E-state index contributed by atoms with van der Waals surface area (Å²) in [4.78, 5) is 0. The van der Waals surface area contributed by atoms with Gasteiger partial charge < -0.3 is 5.73 Å². The molecule has 0 spiro atoms. The second-order valence-electron chi connectivity index (χ2n) is 3.87. The van der Waals surface area contributed by atoms with Gasteiger partial charge in [-0.1, -0.05) is 31.5 Å². The first-order chi connectivity index (χ1) is 7.11. The van der Waals surface area contributed by atoms with E-state index >= 15 is 0 Å². The lowest BCUT2D eigenvalue weighted by molar-refractivity contribution is 0.157. The Morgan fingerprint density at radius 2 is 2.00 bits per heavy atom. The fraction of sp³-hybridized carbons (Fsp3) is 0.500. The SMILES string of the molecule is CCCC(F)(CN)Cc1ccccc1F. The van der Waals surface area contributed by atoms with Crippen LogP contribution in [0.25, 0.3) is 0 Å². The van der Waals surface area contributed by atoms with Crippen LogP contribution in [0.1, 0.15) is 25.3 Å². The molecule has 0 amide bonds. The maximum atomic E-state index is 14.1. The fourth-order valence-electron chi connectivity index (χ4n) is 1.69. The van der Waals surface area contributed by atoms with Crippen molar-refractivity contribution in [3.8, 4) is 0 Å². The molecule has 0 saturated heterocycles. The van der Waals surface area contributed by atoms with Crippen molar-refractivity contribution in [2.24, 2.45) is 5.73 Å². The molecule has 0 heterocycles. The average Bonchev–Trinajstić information content (AvgIpc) is 2.22. The molecule has 0 saturated carbocycles. The minimum Gasteiger partial charge on any atom is -0.328 e. The van der Waals surface area contributed by atoms with Gasteiger partial charge in [-0.3, -0.25) is 0 Å². The number of rotatable bonds is 5. The van der Waals surface area contributed by atoms with Crippen LogP contribution < -0.4 is 5.73 Å². The Hall–Kier alpha value is -0.960. The second-order valence-corrected chi connectivity index (χ2v) is 3.87. The van der Waals surface area contributed by atoms with Gasteiger partial charge >= 0.3 is 0 Å². The Kier molecular flexibility index (Phi) is 4.21. The third-order valence-electron chi connectivity index (χ3n) is 2.53. The van der Waals surface area contributed by atoms with Gasteiger partial charge in [0.1, 0.15) is 11.5 Å². The van der Waals surface area contributed by atoms with Crippen molar-refractivity contribution >= 4 is 0 Å². The van der Waals surface area contributed by atoms with E-state index in [1.807, 2.05) is 6.92 Å². The Morgan fingerprint density at radius 1 is 1.33 bits per heavy atom. The van der Waals surface area contributed by atoms with E-state index in [1.165, 1.54) is 6.07 Å². The summed E-state index contributed by atoms with van der Waals surface area (Å²) in [5, 5.41) is 0. The number of halogens is 2. The molecule has 1 aromatic rings. The van der Waals surface area contributed by atoms with Gasteiger partial charge in [-0.15, -0.1) is 0 Å². The molecule has 0 aliphatic rings. The van der Waals surface area contributed by atoms with Crippen molar-refractivity contribution in [3.05, 3.63) is 35.6 Å². The molecule has 84 valence electrons. The van der Waals surface area contributed by atoms with E-state index < -0.39 is 5.67 Å². The Bertz CT molecular complexity index is 314. The highest BCUT2D eigenvalue weighted by molar-refractivity contribution is 5.19. The van der Waals surface area contributed by atoms with E-state index in [0.717, 1.165) is 0 Å². The molecule has 15 heavy (non-hydrogen) atoms. The van der Waals surface area contributed by atoms with Crippen LogP contribution in [-0.2, 0) is 6.42 Å². The first-order valence-electron chi connectivity index (χ1n) is 5.23. The van der Waals surface area contributed by atoms with Crippen molar-refractivity contribution < 1.29 is 8.78 Å². The summed E-state index contributed by atoms with van der Waals surface area (Å²) in [5.74, 6) is -0.357. The largest absolute Gasteiger partial charge is 0.328 e. The number of hydrogen-bond donors (Lipinski definition) is 1. The third kappa shape index (κ3) is 3.27. The van der Waals surface area contributed by atoms with Crippen LogP contribution in [0, 0.1) is 5.82 Å². The summed E-state index contributed by atoms with van der Waals surface area (Å²) in [6, 6.07) is 6.26. The molecule has 1 aromatic carbocycles. The summed E-state index contributed by atoms with van der Waals surface area (Å²) < 4.78 is 27.4. The van der Waals surface area contributed by atoms with Crippen molar-refractivity contribution in [1.29, 1.82) is 0 Å². The van der Waals surface area contributed by atoms with E-state index in [1.54, 1.807) is 18.2 Å². The highest BCUT2D eigenvalue weighted by Gasteiger charge is 2.28. The summed E-state index contributed by atoms with van der Waals surface area (Å²) in [6.45, 7) is 1.83. The predicted molar refractivity (Wildman–Crippen MR) is 57.9 cm³/mol. The first-order valence-corrected chi connectivity index (χ1v) is 5.23. The maximum Gasteiger partial charge on any atom is 0.127 e. The molecule has 1 rings (SSSR count). The summed E-state index contributed by atoms with van der Waals surface area (Å²) in [5.41, 5.74) is 4.32. The quantitative estimate of drug-likeness (QED) is 0.799. The molecule has 0 fully saturated rings. The van der Waals surface area contributed by atoms with Crippen molar-refractivity contribution in [2.75, 3.05) is 6.54 Å². The second kappa shape index (κ2) is 5.21. The van der Waals surface area contributed by atoms with E-state index in [4.69, 9.17) is 5.73 Å². The summed E-state index contributed by atoms with van der Waals surface area (Å²) in [6.07, 6.45) is 1.14. The molecular weight excluding hydrogens is 196 g/mol. The molecule has 0 aromatic heterocycles. The zero-order valence-electron chi connectivity index (χ0n) is 8.97.